The number of carbonyl (C=O) groups is 1. The molecule has 0 fully saturated rings. The van der Waals surface area contributed by atoms with Crippen molar-refractivity contribution in [2.75, 3.05) is 11.9 Å². The summed E-state index contributed by atoms with van der Waals surface area (Å²) in [4.78, 5) is 17.6. The Morgan fingerprint density at radius 3 is 3.00 bits per heavy atom. The molecular formula is C12H11ClN2OS. The van der Waals surface area contributed by atoms with Crippen molar-refractivity contribution >= 4 is 34.0 Å². The Morgan fingerprint density at radius 1 is 1.53 bits per heavy atom. The van der Waals surface area contributed by atoms with Crippen molar-refractivity contribution < 1.29 is 4.79 Å². The van der Waals surface area contributed by atoms with Gasteiger partial charge in [0.2, 0.25) is 5.91 Å². The molecule has 88 valence electrons. The molecule has 1 amide bonds. The molecule has 0 aliphatic rings. The van der Waals surface area contributed by atoms with E-state index in [1.54, 1.807) is 30.3 Å². The van der Waals surface area contributed by atoms with Crippen molar-refractivity contribution in [2.24, 2.45) is 0 Å². The lowest BCUT2D eigenvalue weighted by Gasteiger charge is -2.13. The SMILES string of the molecule is CN(C(=O)Cc1cccc(Cl)c1)c1nccs1. The molecule has 0 aliphatic heterocycles. The third kappa shape index (κ3) is 3.05. The fraction of sp³-hybridized carbons (Fsp3) is 0.167. The number of hydrogen-bond donors (Lipinski definition) is 0. The van der Waals surface area contributed by atoms with E-state index in [1.165, 1.54) is 11.3 Å². The molecule has 0 radical (unpaired) electrons. The third-order valence-electron chi connectivity index (χ3n) is 2.32. The van der Waals surface area contributed by atoms with Gasteiger partial charge in [-0.3, -0.25) is 9.69 Å². The number of anilines is 1. The van der Waals surface area contributed by atoms with Crippen LogP contribution in [-0.4, -0.2) is 17.9 Å². The first kappa shape index (κ1) is 12.1. The lowest BCUT2D eigenvalue weighted by Crippen LogP contribution is -2.27. The van der Waals surface area contributed by atoms with Crippen LogP contribution in [0.1, 0.15) is 5.56 Å². The van der Waals surface area contributed by atoms with Gasteiger partial charge in [-0.2, -0.15) is 0 Å². The summed E-state index contributed by atoms with van der Waals surface area (Å²) in [6, 6.07) is 7.32. The highest BCUT2D eigenvalue weighted by atomic mass is 35.5. The van der Waals surface area contributed by atoms with Gasteiger partial charge in [-0.25, -0.2) is 4.98 Å². The van der Waals surface area contributed by atoms with Gasteiger partial charge in [0.05, 0.1) is 6.42 Å². The monoisotopic (exact) mass is 266 g/mol. The fourth-order valence-corrected chi connectivity index (χ4v) is 2.27. The molecule has 0 spiro atoms. The molecule has 0 saturated heterocycles. The fourth-order valence-electron chi connectivity index (χ4n) is 1.43. The number of rotatable bonds is 3. The number of likely N-dealkylation sites (N-methyl/N-ethyl adjacent to an activating group) is 1. The Morgan fingerprint density at radius 2 is 2.35 bits per heavy atom. The molecular weight excluding hydrogens is 256 g/mol. The van der Waals surface area contributed by atoms with Crippen molar-refractivity contribution in [1.29, 1.82) is 0 Å². The first-order chi connectivity index (χ1) is 8.16. The number of carbonyl (C=O) groups excluding carboxylic acids is 1. The summed E-state index contributed by atoms with van der Waals surface area (Å²) in [5.74, 6) is 0.00205. The van der Waals surface area contributed by atoms with Crippen LogP contribution in [0, 0.1) is 0 Å². The summed E-state index contributed by atoms with van der Waals surface area (Å²) in [5.41, 5.74) is 0.908. The molecule has 0 bridgehead atoms. The van der Waals surface area contributed by atoms with E-state index in [0.717, 1.165) is 5.56 Å². The predicted octanol–water partition coefficient (Wildman–Crippen LogP) is 3.00. The highest BCUT2D eigenvalue weighted by Gasteiger charge is 2.13. The number of aromatic nitrogens is 1. The minimum Gasteiger partial charge on any atom is -0.291 e. The van der Waals surface area contributed by atoms with Crippen LogP contribution in [0.3, 0.4) is 0 Å². The van der Waals surface area contributed by atoms with Crippen molar-refractivity contribution in [2.45, 2.75) is 6.42 Å². The number of benzene rings is 1. The highest BCUT2D eigenvalue weighted by molar-refractivity contribution is 7.13. The van der Waals surface area contributed by atoms with Gasteiger partial charge in [0.25, 0.3) is 0 Å². The van der Waals surface area contributed by atoms with E-state index in [0.29, 0.717) is 16.6 Å². The van der Waals surface area contributed by atoms with E-state index in [9.17, 15) is 4.79 Å². The molecule has 2 aromatic rings. The van der Waals surface area contributed by atoms with Gasteiger partial charge in [-0.15, -0.1) is 11.3 Å². The first-order valence-electron chi connectivity index (χ1n) is 5.07. The summed E-state index contributed by atoms with van der Waals surface area (Å²) in [6.07, 6.45) is 2.01. The van der Waals surface area contributed by atoms with E-state index in [4.69, 9.17) is 11.6 Å². The zero-order valence-corrected chi connectivity index (χ0v) is 10.8. The zero-order chi connectivity index (χ0) is 12.3. The minimum atomic E-state index is 0.00205. The maximum atomic E-state index is 12.0. The van der Waals surface area contributed by atoms with Gasteiger partial charge in [-0.05, 0) is 17.7 Å². The summed E-state index contributed by atoms with van der Waals surface area (Å²) in [6.45, 7) is 0. The summed E-state index contributed by atoms with van der Waals surface area (Å²) in [7, 11) is 1.73. The number of nitrogens with zero attached hydrogens (tertiary/aromatic N) is 2. The molecule has 0 aliphatic carbocycles. The van der Waals surface area contributed by atoms with E-state index >= 15 is 0 Å². The first-order valence-corrected chi connectivity index (χ1v) is 6.33. The molecule has 5 heteroatoms. The number of amides is 1. The molecule has 0 atom stereocenters. The second kappa shape index (κ2) is 5.29. The molecule has 1 aromatic heterocycles. The van der Waals surface area contributed by atoms with Gasteiger partial charge in [0.1, 0.15) is 0 Å². The van der Waals surface area contributed by atoms with E-state index in [1.807, 2.05) is 17.5 Å². The van der Waals surface area contributed by atoms with Gasteiger partial charge in [-0.1, -0.05) is 23.7 Å². The van der Waals surface area contributed by atoms with Crippen LogP contribution >= 0.6 is 22.9 Å². The molecule has 3 nitrogen and oxygen atoms in total. The van der Waals surface area contributed by atoms with E-state index in [2.05, 4.69) is 4.98 Å². The highest BCUT2D eigenvalue weighted by Crippen LogP contribution is 2.17. The number of halogens is 1. The molecule has 0 N–H and O–H groups in total. The van der Waals surface area contributed by atoms with Gasteiger partial charge < -0.3 is 0 Å². The van der Waals surface area contributed by atoms with Crippen LogP contribution in [-0.2, 0) is 11.2 Å². The van der Waals surface area contributed by atoms with Crippen LogP contribution in [0.25, 0.3) is 0 Å². The number of thiazole rings is 1. The summed E-state index contributed by atoms with van der Waals surface area (Å²) < 4.78 is 0. The second-order valence-electron chi connectivity index (χ2n) is 3.57. The summed E-state index contributed by atoms with van der Waals surface area (Å²) in [5, 5.41) is 3.20. The largest absolute Gasteiger partial charge is 0.291 e. The van der Waals surface area contributed by atoms with Crippen LogP contribution in [0.2, 0.25) is 5.02 Å². The maximum Gasteiger partial charge on any atom is 0.232 e. The molecule has 2 rings (SSSR count). The average molecular weight is 267 g/mol. The molecule has 17 heavy (non-hydrogen) atoms. The normalized spacial score (nSPS) is 10.2. The number of hydrogen-bond acceptors (Lipinski definition) is 3. The zero-order valence-electron chi connectivity index (χ0n) is 9.26. The van der Waals surface area contributed by atoms with Gasteiger partial charge in [0.15, 0.2) is 5.13 Å². The molecule has 0 saturated carbocycles. The van der Waals surface area contributed by atoms with Crippen LogP contribution in [0.4, 0.5) is 5.13 Å². The molecule has 1 heterocycles. The van der Waals surface area contributed by atoms with Crippen molar-refractivity contribution in [1.82, 2.24) is 4.98 Å². The quantitative estimate of drug-likeness (QED) is 0.856. The van der Waals surface area contributed by atoms with Crippen LogP contribution < -0.4 is 4.90 Å². The van der Waals surface area contributed by atoms with Crippen molar-refractivity contribution in [3.05, 3.63) is 46.4 Å². The Balaban J connectivity index is 2.07. The minimum absolute atomic E-state index is 0.00205. The lowest BCUT2D eigenvalue weighted by atomic mass is 10.1. The van der Waals surface area contributed by atoms with Crippen molar-refractivity contribution in [3.8, 4) is 0 Å². The third-order valence-corrected chi connectivity index (χ3v) is 3.41. The lowest BCUT2D eigenvalue weighted by molar-refractivity contribution is -0.117. The second-order valence-corrected chi connectivity index (χ2v) is 4.88. The topological polar surface area (TPSA) is 33.2 Å². The van der Waals surface area contributed by atoms with Gasteiger partial charge in [0, 0.05) is 23.6 Å². The van der Waals surface area contributed by atoms with Crippen LogP contribution in [0.5, 0.6) is 0 Å². The van der Waals surface area contributed by atoms with Crippen LogP contribution in [0.15, 0.2) is 35.8 Å². The average Bonchev–Trinajstić information content (AvgIpc) is 2.81. The Hall–Kier alpha value is -1.39. The Bertz CT molecular complexity index is 513. The molecule has 0 unspecified atom stereocenters. The Kier molecular flexibility index (Phi) is 3.76. The van der Waals surface area contributed by atoms with E-state index < -0.39 is 0 Å². The Labute approximate surface area is 109 Å². The summed E-state index contributed by atoms with van der Waals surface area (Å²) >= 11 is 7.31. The standard InChI is InChI=1S/C12H11ClN2OS/c1-15(12-14-5-6-17-12)11(16)8-9-3-2-4-10(13)7-9/h2-7H,8H2,1H3. The van der Waals surface area contributed by atoms with E-state index in [-0.39, 0.29) is 5.91 Å². The maximum absolute atomic E-state index is 12.0. The smallest absolute Gasteiger partial charge is 0.232 e. The van der Waals surface area contributed by atoms with Gasteiger partial charge >= 0.3 is 0 Å². The molecule has 1 aromatic carbocycles. The predicted molar refractivity (Wildman–Crippen MR) is 70.7 cm³/mol. The van der Waals surface area contributed by atoms with Crippen molar-refractivity contribution in [3.63, 3.8) is 0 Å².